The molecule has 0 spiro atoms. The number of nitrogens with zero attached hydrogens (tertiary/aromatic N) is 1. The molecule has 0 heterocycles. The van der Waals surface area contributed by atoms with Gasteiger partial charge >= 0.3 is 0 Å². The van der Waals surface area contributed by atoms with Crippen molar-refractivity contribution in [3.63, 3.8) is 0 Å². The van der Waals surface area contributed by atoms with Crippen molar-refractivity contribution >= 4 is 18.1 Å². The first-order chi connectivity index (χ1) is 15.1. The molecule has 5 heteroatoms. The van der Waals surface area contributed by atoms with Crippen LogP contribution in [0.25, 0.3) is 0 Å². The number of sulfonamides is 1. The summed E-state index contributed by atoms with van der Waals surface area (Å²) in [5.74, 6) is 6.23. The minimum Gasteiger partial charge on any atom is -0.220 e. The Morgan fingerprint density at radius 3 is 1.91 bits per heavy atom. The second-order valence-electron chi connectivity index (χ2n) is 8.62. The lowest BCUT2D eigenvalue weighted by atomic mass is 10.1. The Labute approximate surface area is 193 Å². The summed E-state index contributed by atoms with van der Waals surface area (Å²) in [5, 5.41) is 0. The number of rotatable bonds is 4. The van der Waals surface area contributed by atoms with Gasteiger partial charge in [0.15, 0.2) is 0 Å². The largest absolute Gasteiger partial charge is 0.271 e. The molecule has 0 bridgehead atoms. The lowest BCUT2D eigenvalue weighted by Crippen LogP contribution is -2.26. The van der Waals surface area contributed by atoms with E-state index in [4.69, 9.17) is 0 Å². The Balaban J connectivity index is 1.92. The predicted octanol–water partition coefficient (Wildman–Crippen LogP) is 5.42. The number of hydrogen-bond donors (Lipinski definition) is 0. The van der Waals surface area contributed by atoms with Crippen LogP contribution in [0.15, 0.2) is 83.8 Å². The molecule has 0 N–H and O–H groups in total. The van der Waals surface area contributed by atoms with Gasteiger partial charge in [0.25, 0.3) is 10.0 Å². The zero-order chi connectivity index (χ0) is 23.2. The molecule has 3 aromatic carbocycles. The molecule has 3 nitrogen and oxygen atoms in total. The molecule has 3 rings (SSSR count). The van der Waals surface area contributed by atoms with Crippen LogP contribution >= 0.6 is 0 Å². The van der Waals surface area contributed by atoms with E-state index in [1.807, 2.05) is 61.5 Å². The molecule has 3 aromatic rings. The monoisotopic (exact) mass is 457 g/mol. The van der Waals surface area contributed by atoms with Gasteiger partial charge in [-0.1, -0.05) is 73.6 Å². The van der Waals surface area contributed by atoms with Crippen molar-refractivity contribution < 1.29 is 8.42 Å². The fourth-order valence-electron chi connectivity index (χ4n) is 2.79. The lowest BCUT2D eigenvalue weighted by Gasteiger charge is -2.18. The van der Waals surface area contributed by atoms with Gasteiger partial charge in [-0.05, 0) is 54.8 Å². The van der Waals surface area contributed by atoms with E-state index in [1.54, 1.807) is 24.3 Å². The smallest absolute Gasteiger partial charge is 0.220 e. The summed E-state index contributed by atoms with van der Waals surface area (Å²) in [6.07, 6.45) is 0. The number of benzene rings is 3. The van der Waals surface area contributed by atoms with Crippen molar-refractivity contribution in [3.8, 4) is 23.4 Å². The highest BCUT2D eigenvalue weighted by atomic mass is 32.2. The normalized spacial score (nSPS) is 11.0. The molecule has 32 heavy (non-hydrogen) atoms. The van der Waals surface area contributed by atoms with Crippen molar-refractivity contribution in [2.45, 2.75) is 38.0 Å². The third-order valence-corrected chi connectivity index (χ3v) is 7.11. The standard InChI is InChI=1S/C27H27NO2SSi/c1-23-10-16-27(17-11-23)31(29,30)28(22-26-8-6-5-7-9-26)20-18-24-12-14-25(15-13-24)19-21-32(2,3)4/h5-17H,22H2,1-4H3. The second-order valence-corrected chi connectivity index (χ2v) is 15.2. The fraction of sp³-hybridized carbons (Fsp3) is 0.185. The molecular formula is C27H27NO2SSi. The van der Waals surface area contributed by atoms with E-state index >= 15 is 0 Å². The van der Waals surface area contributed by atoms with Crippen LogP contribution < -0.4 is 0 Å². The molecule has 0 aromatic heterocycles. The van der Waals surface area contributed by atoms with Crippen LogP contribution in [0.1, 0.15) is 22.3 Å². The maximum atomic E-state index is 13.3. The van der Waals surface area contributed by atoms with E-state index in [2.05, 4.69) is 43.1 Å². The molecule has 0 atom stereocenters. The van der Waals surface area contributed by atoms with Gasteiger partial charge in [-0.15, -0.1) is 5.54 Å². The number of hydrogen-bond acceptors (Lipinski definition) is 2. The van der Waals surface area contributed by atoms with Crippen molar-refractivity contribution in [2.24, 2.45) is 0 Å². The average molecular weight is 458 g/mol. The van der Waals surface area contributed by atoms with Crippen LogP contribution in [0.3, 0.4) is 0 Å². The fourth-order valence-corrected chi connectivity index (χ4v) is 4.53. The Bertz CT molecular complexity index is 1280. The van der Waals surface area contributed by atoms with Gasteiger partial charge in [0.1, 0.15) is 8.07 Å². The maximum Gasteiger partial charge on any atom is 0.271 e. The molecule has 0 saturated carbocycles. The quantitative estimate of drug-likeness (QED) is 0.298. The Kier molecular flexibility index (Phi) is 7.25. The molecule has 0 aliphatic rings. The van der Waals surface area contributed by atoms with E-state index in [0.717, 1.165) is 22.3 Å². The van der Waals surface area contributed by atoms with E-state index in [0.29, 0.717) is 0 Å². The van der Waals surface area contributed by atoms with Gasteiger partial charge in [0.05, 0.1) is 11.4 Å². The second kappa shape index (κ2) is 9.91. The third kappa shape index (κ3) is 6.62. The van der Waals surface area contributed by atoms with Crippen LogP contribution in [0.2, 0.25) is 19.6 Å². The zero-order valence-electron chi connectivity index (χ0n) is 18.9. The van der Waals surface area contributed by atoms with E-state index in [1.165, 1.54) is 4.31 Å². The average Bonchev–Trinajstić information content (AvgIpc) is 2.76. The first-order valence-electron chi connectivity index (χ1n) is 10.4. The van der Waals surface area contributed by atoms with E-state index in [-0.39, 0.29) is 11.4 Å². The van der Waals surface area contributed by atoms with Crippen molar-refractivity contribution in [1.82, 2.24) is 4.31 Å². The summed E-state index contributed by atoms with van der Waals surface area (Å²) in [6, 6.07) is 26.8. The molecule has 0 amide bonds. The van der Waals surface area contributed by atoms with Crippen molar-refractivity contribution in [3.05, 3.63) is 101 Å². The topological polar surface area (TPSA) is 37.4 Å². The maximum absolute atomic E-state index is 13.3. The molecule has 0 aliphatic carbocycles. The molecule has 162 valence electrons. The lowest BCUT2D eigenvalue weighted by molar-refractivity contribution is 0.508. The zero-order valence-corrected chi connectivity index (χ0v) is 20.7. The first-order valence-corrected chi connectivity index (χ1v) is 15.4. The van der Waals surface area contributed by atoms with Gasteiger partial charge in [-0.3, -0.25) is 0 Å². The van der Waals surface area contributed by atoms with Crippen LogP contribution in [0, 0.1) is 30.4 Å². The highest BCUT2D eigenvalue weighted by Crippen LogP contribution is 2.18. The summed E-state index contributed by atoms with van der Waals surface area (Å²) in [4.78, 5) is 0.227. The molecule has 0 saturated heterocycles. The summed E-state index contributed by atoms with van der Waals surface area (Å²) in [6.45, 7) is 8.71. The minimum absolute atomic E-state index is 0.170. The van der Waals surface area contributed by atoms with Gasteiger partial charge in [-0.25, -0.2) is 12.7 Å². The minimum atomic E-state index is -3.78. The van der Waals surface area contributed by atoms with Crippen molar-refractivity contribution in [1.29, 1.82) is 0 Å². The Morgan fingerprint density at radius 1 is 0.781 bits per heavy atom. The molecule has 0 aliphatic heterocycles. The summed E-state index contributed by atoms with van der Waals surface area (Å²) >= 11 is 0. The summed E-state index contributed by atoms with van der Waals surface area (Å²) < 4.78 is 27.8. The highest BCUT2D eigenvalue weighted by molar-refractivity contribution is 7.89. The Hall–Kier alpha value is -3.25. The van der Waals surface area contributed by atoms with E-state index in [9.17, 15) is 8.42 Å². The van der Waals surface area contributed by atoms with Crippen LogP contribution in [0.4, 0.5) is 0 Å². The van der Waals surface area contributed by atoms with E-state index < -0.39 is 18.1 Å². The number of aryl methyl sites for hydroxylation is 1. The SMILES string of the molecule is Cc1ccc(S(=O)(=O)N(C#Cc2ccc(C#C[Si](C)(C)C)cc2)Cc2ccccc2)cc1. The first kappa shape index (κ1) is 23.4. The van der Waals surface area contributed by atoms with Gasteiger partial charge in [0, 0.05) is 17.2 Å². The van der Waals surface area contributed by atoms with Crippen LogP contribution in [-0.2, 0) is 16.6 Å². The van der Waals surface area contributed by atoms with Crippen LogP contribution in [0.5, 0.6) is 0 Å². The highest BCUT2D eigenvalue weighted by Gasteiger charge is 2.22. The molecule has 0 fully saturated rings. The Morgan fingerprint density at radius 2 is 1.34 bits per heavy atom. The van der Waals surface area contributed by atoms with Gasteiger partial charge in [0.2, 0.25) is 0 Å². The van der Waals surface area contributed by atoms with Crippen LogP contribution in [-0.4, -0.2) is 20.8 Å². The molecular weight excluding hydrogens is 430 g/mol. The molecule has 0 unspecified atom stereocenters. The third-order valence-electron chi connectivity index (χ3n) is 4.57. The predicted molar refractivity (Wildman–Crippen MR) is 134 cm³/mol. The summed E-state index contributed by atoms with van der Waals surface area (Å²) in [5.41, 5.74) is 6.89. The summed E-state index contributed by atoms with van der Waals surface area (Å²) in [7, 11) is -5.22. The van der Waals surface area contributed by atoms with Crippen molar-refractivity contribution in [2.75, 3.05) is 0 Å². The molecule has 0 radical (unpaired) electrons. The van der Waals surface area contributed by atoms with Gasteiger partial charge in [-0.2, -0.15) is 0 Å². The van der Waals surface area contributed by atoms with Gasteiger partial charge < -0.3 is 0 Å².